The van der Waals surface area contributed by atoms with Gasteiger partial charge in [0, 0.05) is 5.92 Å². The SMILES string of the molecule is CC(C)CCC[C@@H](C)C1CCC2C3CC[C@H]4/C(=N\[N+](=O)[O-])CCCC4(C)C3CCC21C. The summed E-state index contributed by atoms with van der Waals surface area (Å²) in [5, 5.41) is 14.6. The van der Waals surface area contributed by atoms with E-state index in [1.165, 1.54) is 57.8 Å². The van der Waals surface area contributed by atoms with Gasteiger partial charge in [-0.3, -0.25) is 0 Å². The summed E-state index contributed by atoms with van der Waals surface area (Å²) in [6.45, 7) is 12.4. The minimum atomic E-state index is -0.437. The number of rotatable bonds is 6. The average molecular weight is 431 g/mol. The van der Waals surface area contributed by atoms with Crippen LogP contribution in [0.4, 0.5) is 0 Å². The van der Waals surface area contributed by atoms with Gasteiger partial charge < -0.3 is 0 Å². The van der Waals surface area contributed by atoms with E-state index in [0.717, 1.165) is 60.5 Å². The summed E-state index contributed by atoms with van der Waals surface area (Å²) in [7, 11) is 0. The molecule has 4 saturated carbocycles. The fraction of sp³-hybridized carbons (Fsp3) is 0.963. The first-order valence-corrected chi connectivity index (χ1v) is 13.4. The molecule has 31 heavy (non-hydrogen) atoms. The van der Waals surface area contributed by atoms with E-state index in [-0.39, 0.29) is 5.41 Å². The Kier molecular flexibility index (Phi) is 6.58. The number of hydrogen-bond donors (Lipinski definition) is 0. The third kappa shape index (κ3) is 4.10. The van der Waals surface area contributed by atoms with E-state index in [4.69, 9.17) is 0 Å². The summed E-state index contributed by atoms with van der Waals surface area (Å²) in [6.07, 6.45) is 15.3. The maximum atomic E-state index is 11.2. The molecular formula is C27H46N2O2. The van der Waals surface area contributed by atoms with Crippen molar-refractivity contribution in [3.8, 4) is 0 Å². The quantitative estimate of drug-likeness (QED) is 0.319. The minimum Gasteiger partial charge on any atom is -0.233 e. The van der Waals surface area contributed by atoms with Gasteiger partial charge in [-0.05, 0) is 104 Å². The maximum absolute atomic E-state index is 11.2. The fourth-order valence-electron chi connectivity index (χ4n) is 9.44. The maximum Gasteiger partial charge on any atom is 0.190 e. The molecule has 0 aromatic heterocycles. The van der Waals surface area contributed by atoms with Crippen LogP contribution in [0.2, 0.25) is 0 Å². The van der Waals surface area contributed by atoms with Gasteiger partial charge >= 0.3 is 0 Å². The van der Waals surface area contributed by atoms with E-state index in [1.54, 1.807) is 0 Å². The van der Waals surface area contributed by atoms with Crippen molar-refractivity contribution >= 4 is 5.71 Å². The van der Waals surface area contributed by atoms with Gasteiger partial charge in [-0.25, -0.2) is 10.1 Å². The number of nitro groups is 1. The van der Waals surface area contributed by atoms with Crippen LogP contribution in [0.5, 0.6) is 0 Å². The van der Waals surface area contributed by atoms with Crippen molar-refractivity contribution < 1.29 is 5.03 Å². The van der Waals surface area contributed by atoms with Gasteiger partial charge in [-0.15, -0.1) is 0 Å². The van der Waals surface area contributed by atoms with Gasteiger partial charge in [-0.2, -0.15) is 0 Å². The van der Waals surface area contributed by atoms with Crippen LogP contribution in [-0.2, 0) is 0 Å². The van der Waals surface area contributed by atoms with Crippen molar-refractivity contribution in [3.63, 3.8) is 0 Å². The van der Waals surface area contributed by atoms with Crippen LogP contribution in [0.15, 0.2) is 5.10 Å². The summed E-state index contributed by atoms with van der Waals surface area (Å²) in [5.74, 6) is 5.38. The van der Waals surface area contributed by atoms with Crippen LogP contribution in [0, 0.1) is 62.4 Å². The lowest BCUT2D eigenvalue weighted by atomic mass is 9.44. The van der Waals surface area contributed by atoms with Gasteiger partial charge in [0.1, 0.15) is 0 Å². The van der Waals surface area contributed by atoms with E-state index < -0.39 is 5.03 Å². The molecular weight excluding hydrogens is 384 g/mol. The molecule has 4 aliphatic carbocycles. The number of nitrogens with zero attached hydrogens (tertiary/aromatic N) is 2. The number of hydrogen-bond acceptors (Lipinski definition) is 2. The second-order valence-electron chi connectivity index (χ2n) is 12.7. The molecule has 4 heteroatoms. The van der Waals surface area contributed by atoms with E-state index >= 15 is 0 Å². The zero-order valence-corrected chi connectivity index (χ0v) is 20.7. The molecule has 0 spiro atoms. The second-order valence-corrected chi connectivity index (χ2v) is 12.7. The minimum absolute atomic E-state index is 0.234. The van der Waals surface area contributed by atoms with Gasteiger partial charge in [0.2, 0.25) is 0 Å². The third-order valence-electron chi connectivity index (χ3n) is 10.8. The number of fused-ring (bicyclic) bond motifs is 5. The molecule has 8 atom stereocenters. The molecule has 0 bridgehead atoms. The van der Waals surface area contributed by atoms with E-state index in [2.05, 4.69) is 39.7 Å². The van der Waals surface area contributed by atoms with Crippen molar-refractivity contribution in [1.29, 1.82) is 0 Å². The zero-order valence-electron chi connectivity index (χ0n) is 20.7. The lowest BCUT2D eigenvalue weighted by Gasteiger charge is -2.60. The molecule has 0 aromatic carbocycles. The predicted molar refractivity (Wildman–Crippen MR) is 127 cm³/mol. The highest BCUT2D eigenvalue weighted by atomic mass is 16.7. The van der Waals surface area contributed by atoms with Crippen molar-refractivity contribution in [3.05, 3.63) is 10.1 Å². The summed E-state index contributed by atoms with van der Waals surface area (Å²) in [4.78, 5) is 11.2. The lowest BCUT2D eigenvalue weighted by Crippen LogP contribution is -2.55. The van der Waals surface area contributed by atoms with Crippen LogP contribution in [0.25, 0.3) is 0 Å². The predicted octanol–water partition coefficient (Wildman–Crippen LogP) is 7.74. The molecule has 0 heterocycles. The Hall–Kier alpha value is -0.930. The molecule has 176 valence electrons. The highest BCUT2D eigenvalue weighted by molar-refractivity contribution is 5.87. The van der Waals surface area contributed by atoms with Crippen LogP contribution in [-0.4, -0.2) is 10.7 Å². The molecule has 4 rings (SSSR count). The van der Waals surface area contributed by atoms with Crippen molar-refractivity contribution in [1.82, 2.24) is 0 Å². The molecule has 0 aromatic rings. The average Bonchev–Trinajstić information content (AvgIpc) is 3.04. The van der Waals surface area contributed by atoms with Crippen LogP contribution in [0.3, 0.4) is 0 Å². The normalized spacial score (nSPS) is 44.6. The molecule has 0 aliphatic heterocycles. The Morgan fingerprint density at radius 1 is 1.00 bits per heavy atom. The van der Waals surface area contributed by atoms with Crippen LogP contribution >= 0.6 is 0 Å². The fourth-order valence-corrected chi connectivity index (χ4v) is 9.44. The molecule has 0 saturated heterocycles. The number of hydrazone groups is 1. The second kappa shape index (κ2) is 8.78. The van der Waals surface area contributed by atoms with Crippen LogP contribution < -0.4 is 0 Å². The zero-order chi connectivity index (χ0) is 22.4. The molecule has 0 radical (unpaired) electrons. The monoisotopic (exact) mass is 430 g/mol. The van der Waals surface area contributed by atoms with Gasteiger partial charge in [-0.1, -0.05) is 53.9 Å². The van der Waals surface area contributed by atoms with Crippen molar-refractivity contribution in [2.24, 2.45) is 57.4 Å². The first kappa shape index (κ1) is 23.2. The Labute approximate surface area is 190 Å². The highest BCUT2D eigenvalue weighted by Crippen LogP contribution is 2.68. The largest absolute Gasteiger partial charge is 0.233 e. The standard InChI is InChI=1S/C27H46N2O2/c1-18(2)8-6-9-19(3)21-13-14-22-20-11-12-24-25(28-29(30)31)10-7-16-26(24,4)23(20)15-17-27(21,22)5/h18-24H,6-17H2,1-5H3/b28-25-/t19-,20?,21?,22?,23?,24+,26?,27?/m1/s1. The molecule has 4 fully saturated rings. The van der Waals surface area contributed by atoms with Gasteiger partial charge in [0.25, 0.3) is 0 Å². The Morgan fingerprint density at radius 2 is 1.74 bits per heavy atom. The molecule has 4 nitrogen and oxygen atoms in total. The summed E-state index contributed by atoms with van der Waals surface area (Å²) in [5.41, 5.74) is 1.67. The highest BCUT2D eigenvalue weighted by Gasteiger charge is 2.61. The molecule has 0 N–H and O–H groups in total. The third-order valence-corrected chi connectivity index (χ3v) is 10.8. The van der Waals surface area contributed by atoms with Crippen molar-refractivity contribution in [2.75, 3.05) is 0 Å². The Morgan fingerprint density at radius 3 is 2.45 bits per heavy atom. The van der Waals surface area contributed by atoms with Gasteiger partial charge in [0.05, 0.1) is 10.8 Å². The summed E-state index contributed by atoms with van der Waals surface area (Å²) < 4.78 is 0. The first-order chi connectivity index (χ1) is 14.7. The topological polar surface area (TPSA) is 55.5 Å². The van der Waals surface area contributed by atoms with Crippen LogP contribution in [0.1, 0.15) is 112 Å². The lowest BCUT2D eigenvalue weighted by molar-refractivity contribution is -0.485. The first-order valence-electron chi connectivity index (χ1n) is 13.4. The van der Waals surface area contributed by atoms with E-state index in [0.29, 0.717) is 11.3 Å². The molecule has 6 unspecified atom stereocenters. The Bertz CT molecular complexity index is 703. The van der Waals surface area contributed by atoms with E-state index in [9.17, 15) is 10.1 Å². The Balaban J connectivity index is 1.50. The molecule has 0 amide bonds. The van der Waals surface area contributed by atoms with E-state index in [1.807, 2.05) is 0 Å². The summed E-state index contributed by atoms with van der Waals surface area (Å²) >= 11 is 0. The van der Waals surface area contributed by atoms with Crippen molar-refractivity contribution in [2.45, 2.75) is 112 Å². The summed E-state index contributed by atoms with van der Waals surface area (Å²) in [6, 6.07) is 0. The smallest absolute Gasteiger partial charge is 0.190 e. The van der Waals surface area contributed by atoms with Gasteiger partial charge in [0.15, 0.2) is 5.03 Å². The molecule has 4 aliphatic rings.